The average Bonchev–Trinajstić information content (AvgIpc) is 2.38. The monoisotopic (exact) mass is 281 g/mol. The van der Waals surface area contributed by atoms with E-state index >= 15 is 0 Å². The van der Waals surface area contributed by atoms with Gasteiger partial charge >= 0.3 is 0 Å². The van der Waals surface area contributed by atoms with Crippen LogP contribution in [-0.2, 0) is 10.8 Å². The van der Waals surface area contributed by atoms with E-state index in [9.17, 15) is 0 Å². The van der Waals surface area contributed by atoms with Gasteiger partial charge in [-0.25, -0.2) is 0 Å². The summed E-state index contributed by atoms with van der Waals surface area (Å²) in [6, 6.07) is 17.2. The van der Waals surface area contributed by atoms with E-state index in [4.69, 9.17) is 4.74 Å². The van der Waals surface area contributed by atoms with Crippen LogP contribution in [0.15, 0.2) is 42.5 Å². The largest absolute Gasteiger partial charge is 0.457 e. The molecule has 0 unspecified atom stereocenters. The maximum absolute atomic E-state index is 6.08. The second kappa shape index (κ2) is 5.55. The fraction of sp³-hybridized carbons (Fsp3) is 0.400. The van der Waals surface area contributed by atoms with Crippen LogP contribution in [0.1, 0.15) is 52.7 Å². The van der Waals surface area contributed by atoms with E-state index in [-0.39, 0.29) is 10.8 Å². The first-order valence-corrected chi connectivity index (χ1v) is 7.47. The molecule has 2 rings (SSSR count). The Kier molecular flexibility index (Phi) is 4.13. The van der Waals surface area contributed by atoms with Crippen LogP contribution >= 0.6 is 0 Å². The van der Waals surface area contributed by atoms with Crippen molar-refractivity contribution in [2.45, 2.75) is 52.4 Å². The third-order valence-corrected chi connectivity index (χ3v) is 3.57. The highest BCUT2D eigenvalue weighted by Gasteiger charge is 2.23. The third-order valence-electron chi connectivity index (χ3n) is 3.57. The highest BCUT2D eigenvalue weighted by molar-refractivity contribution is 5.45. The quantitative estimate of drug-likeness (QED) is 0.668. The molecule has 0 N–H and O–H groups in total. The molecule has 0 atom stereocenters. The smallest absolute Gasteiger partial charge is 0.131 e. The van der Waals surface area contributed by atoms with E-state index in [1.165, 1.54) is 11.1 Å². The molecule has 2 aromatic carbocycles. The van der Waals surface area contributed by atoms with Crippen LogP contribution in [0.25, 0.3) is 0 Å². The minimum atomic E-state index is 0.0392. The number of rotatable bonds is 2. The van der Waals surface area contributed by atoms with Gasteiger partial charge in [-0.1, -0.05) is 65.8 Å². The molecular weight excluding hydrogens is 256 g/mol. The topological polar surface area (TPSA) is 9.23 Å². The Morgan fingerprint density at radius 1 is 0.810 bits per heavy atom. The summed E-state index contributed by atoms with van der Waals surface area (Å²) in [5.74, 6) is 1.78. The number of ether oxygens (including phenoxy) is 1. The normalized spacial score (nSPS) is 12.3. The van der Waals surface area contributed by atoms with Crippen LogP contribution in [0.3, 0.4) is 0 Å². The van der Waals surface area contributed by atoms with Gasteiger partial charge in [0.25, 0.3) is 0 Å². The Bertz CT molecular complexity index is 598. The van der Waals surface area contributed by atoms with Gasteiger partial charge < -0.3 is 4.74 Å². The van der Waals surface area contributed by atoms with Gasteiger partial charge in [-0.05, 0) is 40.7 Å². The lowest BCUT2D eigenvalue weighted by Gasteiger charge is -2.27. The molecule has 1 heteroatoms. The lowest BCUT2D eigenvalue weighted by atomic mass is 9.80. The summed E-state index contributed by atoms with van der Waals surface area (Å²) in [7, 11) is 0. The Morgan fingerprint density at radius 3 is 1.95 bits per heavy atom. The molecule has 0 bridgehead atoms. The maximum atomic E-state index is 6.08. The van der Waals surface area contributed by atoms with E-state index in [0.717, 1.165) is 11.5 Å². The molecule has 0 aromatic heterocycles. The molecule has 0 amide bonds. The lowest BCUT2D eigenvalue weighted by molar-refractivity contribution is 0.453. The predicted octanol–water partition coefficient (Wildman–Crippen LogP) is 5.87. The first-order valence-electron chi connectivity index (χ1n) is 7.47. The van der Waals surface area contributed by atoms with Crippen molar-refractivity contribution in [1.82, 2.24) is 0 Å². The van der Waals surface area contributed by atoms with Gasteiger partial charge in [-0.3, -0.25) is 0 Å². The molecule has 0 heterocycles. The van der Waals surface area contributed by atoms with Crippen LogP contribution < -0.4 is 4.74 Å². The first kappa shape index (κ1) is 15.6. The molecule has 1 nitrogen and oxygen atoms in total. The second-order valence-electron chi connectivity index (χ2n) is 7.55. The highest BCUT2D eigenvalue weighted by atomic mass is 16.5. The molecule has 0 fully saturated rings. The van der Waals surface area contributed by atoms with Crippen molar-refractivity contribution in [1.29, 1.82) is 0 Å². The summed E-state index contributed by atoms with van der Waals surface area (Å²) in [6.45, 7) is 13.4. The zero-order chi connectivity index (χ0) is 15.7. The van der Waals surface area contributed by atoms with Crippen LogP contribution in [0, 0.1) is 6.07 Å². The Labute approximate surface area is 129 Å². The van der Waals surface area contributed by atoms with Crippen molar-refractivity contribution >= 4 is 0 Å². The summed E-state index contributed by atoms with van der Waals surface area (Å²) < 4.78 is 6.08. The molecule has 0 spiro atoms. The summed E-state index contributed by atoms with van der Waals surface area (Å²) >= 11 is 0. The maximum Gasteiger partial charge on any atom is 0.131 e. The average molecular weight is 281 g/mol. The van der Waals surface area contributed by atoms with Crippen LogP contribution in [0.4, 0.5) is 0 Å². The minimum Gasteiger partial charge on any atom is -0.457 e. The number of hydrogen-bond donors (Lipinski definition) is 0. The van der Waals surface area contributed by atoms with Crippen molar-refractivity contribution in [3.63, 3.8) is 0 Å². The molecule has 0 saturated heterocycles. The minimum absolute atomic E-state index is 0.0392. The van der Waals surface area contributed by atoms with E-state index in [0.29, 0.717) is 0 Å². The Hall–Kier alpha value is -1.76. The van der Waals surface area contributed by atoms with Crippen molar-refractivity contribution in [2.24, 2.45) is 0 Å². The third kappa shape index (κ3) is 3.87. The van der Waals surface area contributed by atoms with Gasteiger partial charge in [0.05, 0.1) is 0 Å². The molecule has 0 aliphatic rings. The van der Waals surface area contributed by atoms with E-state index in [1.54, 1.807) is 0 Å². The van der Waals surface area contributed by atoms with Gasteiger partial charge in [-0.15, -0.1) is 0 Å². The highest BCUT2D eigenvalue weighted by Crippen LogP contribution is 2.37. The van der Waals surface area contributed by atoms with Gasteiger partial charge in [0.1, 0.15) is 11.5 Å². The Morgan fingerprint density at radius 2 is 1.43 bits per heavy atom. The van der Waals surface area contributed by atoms with Crippen molar-refractivity contribution in [3.05, 3.63) is 59.7 Å². The summed E-state index contributed by atoms with van der Waals surface area (Å²) in [5.41, 5.74) is 2.75. The van der Waals surface area contributed by atoms with Crippen LogP contribution in [0.2, 0.25) is 0 Å². The van der Waals surface area contributed by atoms with E-state index in [2.05, 4.69) is 65.8 Å². The lowest BCUT2D eigenvalue weighted by Crippen LogP contribution is -2.17. The molecule has 21 heavy (non-hydrogen) atoms. The molecule has 111 valence electrons. The molecular formula is C20H25O. The molecule has 0 aliphatic carbocycles. The molecule has 1 radical (unpaired) electrons. The van der Waals surface area contributed by atoms with Gasteiger partial charge in [0, 0.05) is 5.56 Å². The standard InChI is InChI=1S/C20H25O/c1-19(2,3)15-12-13-18(17(14-15)20(4,5)6)21-16-10-8-7-9-11-16/h8-14H,1-6H3. The fourth-order valence-corrected chi connectivity index (χ4v) is 2.24. The van der Waals surface area contributed by atoms with Gasteiger partial charge in [0.2, 0.25) is 0 Å². The van der Waals surface area contributed by atoms with Crippen molar-refractivity contribution in [3.8, 4) is 11.5 Å². The molecule has 0 aliphatic heterocycles. The van der Waals surface area contributed by atoms with E-state index in [1.807, 2.05) is 24.3 Å². The van der Waals surface area contributed by atoms with Crippen molar-refractivity contribution < 1.29 is 4.74 Å². The number of benzene rings is 2. The predicted molar refractivity (Wildman–Crippen MR) is 89.2 cm³/mol. The molecule has 2 aromatic rings. The van der Waals surface area contributed by atoms with Crippen LogP contribution in [-0.4, -0.2) is 0 Å². The zero-order valence-electron chi connectivity index (χ0n) is 13.9. The SMILES string of the molecule is CC(C)(C)c1ccc(Oc2cc[c]cc2)c(C(C)(C)C)c1. The van der Waals surface area contributed by atoms with Gasteiger partial charge in [0.15, 0.2) is 0 Å². The fourth-order valence-electron chi connectivity index (χ4n) is 2.24. The van der Waals surface area contributed by atoms with Crippen molar-refractivity contribution in [2.75, 3.05) is 0 Å². The second-order valence-corrected chi connectivity index (χ2v) is 7.55. The summed E-state index contributed by atoms with van der Waals surface area (Å²) in [4.78, 5) is 0. The summed E-state index contributed by atoms with van der Waals surface area (Å²) in [6.07, 6.45) is 0. The van der Waals surface area contributed by atoms with E-state index < -0.39 is 0 Å². The number of hydrogen-bond acceptors (Lipinski definition) is 1. The molecule has 0 saturated carbocycles. The Balaban J connectivity index is 2.46. The summed E-state index contributed by atoms with van der Waals surface area (Å²) in [5, 5.41) is 0. The first-order chi connectivity index (χ1) is 9.68. The van der Waals surface area contributed by atoms with Crippen LogP contribution in [0.5, 0.6) is 11.5 Å². The van der Waals surface area contributed by atoms with Gasteiger partial charge in [-0.2, -0.15) is 0 Å². The zero-order valence-corrected chi connectivity index (χ0v) is 13.9.